The van der Waals surface area contributed by atoms with Gasteiger partial charge in [-0.05, 0) is 47.7 Å². The number of hydrogen-bond donors (Lipinski definition) is 0. The van der Waals surface area contributed by atoms with Gasteiger partial charge in [0.2, 0.25) is 0 Å². The molecule has 1 rings (SSSR count). The SMILES string of the molecule is CC(C)(C)[PH+](c1cc(OC(F)(F)F)cc(OC(F)(F)F)c1)C(C)(C)C.C[B-](C)(C)C. The Kier molecular flexibility index (Phi) is 9.23. The molecule has 0 spiro atoms. The van der Waals surface area contributed by atoms with Crippen molar-refractivity contribution >= 4 is 19.4 Å². The fraction of sp³-hybridized carbons (Fsp3) is 0.700. The van der Waals surface area contributed by atoms with E-state index in [2.05, 4.69) is 36.8 Å². The maximum absolute atomic E-state index is 12.5. The molecule has 176 valence electrons. The zero-order valence-electron chi connectivity index (χ0n) is 19.4. The highest BCUT2D eigenvalue weighted by molar-refractivity contribution is 7.68. The molecule has 0 aliphatic rings. The molecule has 0 heterocycles. The summed E-state index contributed by atoms with van der Waals surface area (Å²) in [7, 11) is -1.60. The van der Waals surface area contributed by atoms with E-state index in [9.17, 15) is 26.3 Å². The van der Waals surface area contributed by atoms with Gasteiger partial charge in [-0.3, -0.25) is 0 Å². The Hall–Kier alpha value is -1.11. The lowest BCUT2D eigenvalue weighted by Gasteiger charge is -2.34. The first kappa shape index (κ1) is 28.9. The van der Waals surface area contributed by atoms with Crippen molar-refractivity contribution in [1.82, 2.24) is 0 Å². The van der Waals surface area contributed by atoms with Crippen molar-refractivity contribution in [3.63, 3.8) is 0 Å². The lowest BCUT2D eigenvalue weighted by Crippen LogP contribution is -2.31. The topological polar surface area (TPSA) is 18.5 Å². The highest BCUT2D eigenvalue weighted by atomic mass is 31.1. The van der Waals surface area contributed by atoms with Crippen molar-refractivity contribution < 1.29 is 35.8 Å². The number of benzene rings is 1. The van der Waals surface area contributed by atoms with E-state index in [0.29, 0.717) is 11.4 Å². The number of halogens is 6. The van der Waals surface area contributed by atoms with Gasteiger partial charge in [0.15, 0.2) is 0 Å². The minimum atomic E-state index is -5.01. The normalized spacial score (nSPS) is 13.6. The second kappa shape index (κ2) is 9.58. The molecule has 0 bridgehead atoms. The van der Waals surface area contributed by atoms with Gasteiger partial charge in [-0.1, -0.05) is 0 Å². The Bertz CT molecular complexity index is 629. The molecule has 0 aliphatic heterocycles. The third kappa shape index (κ3) is 13.2. The fourth-order valence-electron chi connectivity index (χ4n) is 3.09. The van der Waals surface area contributed by atoms with Crippen LogP contribution in [-0.4, -0.2) is 29.2 Å². The van der Waals surface area contributed by atoms with Crippen LogP contribution in [0.25, 0.3) is 0 Å². The molecule has 0 saturated heterocycles. The third-order valence-corrected chi connectivity index (χ3v) is 7.00. The summed E-state index contributed by atoms with van der Waals surface area (Å²) in [6.07, 6.45) is -10.0. The van der Waals surface area contributed by atoms with Gasteiger partial charge < -0.3 is 9.47 Å². The molecule has 0 aromatic heterocycles. The minimum absolute atomic E-state index is 0. The molecule has 10 heteroatoms. The maximum atomic E-state index is 12.5. The number of ether oxygens (including phenoxy) is 2. The molecule has 0 amide bonds. The van der Waals surface area contributed by atoms with Crippen LogP contribution >= 0.6 is 7.92 Å². The van der Waals surface area contributed by atoms with E-state index >= 15 is 0 Å². The van der Waals surface area contributed by atoms with Crippen LogP contribution in [-0.2, 0) is 0 Å². The summed E-state index contributed by atoms with van der Waals surface area (Å²) in [5, 5.41) is -0.268. The van der Waals surface area contributed by atoms with E-state index in [1.165, 1.54) is 0 Å². The fourth-order valence-corrected chi connectivity index (χ4v) is 7.65. The van der Waals surface area contributed by atoms with Crippen LogP contribution in [0.5, 0.6) is 11.5 Å². The zero-order chi connectivity index (χ0) is 24.3. The molecule has 0 N–H and O–H groups in total. The molecule has 2 nitrogen and oxygen atoms in total. The maximum Gasteiger partial charge on any atom is 0.573 e. The van der Waals surface area contributed by atoms with E-state index in [1.807, 2.05) is 41.5 Å². The van der Waals surface area contributed by atoms with Crippen LogP contribution in [0, 0.1) is 0 Å². The Morgan fingerprint density at radius 2 is 0.900 bits per heavy atom. The first-order valence-corrected chi connectivity index (χ1v) is 11.2. The van der Waals surface area contributed by atoms with Gasteiger partial charge in [0.1, 0.15) is 11.5 Å². The predicted octanol–water partition coefficient (Wildman–Crippen LogP) is 7.87. The summed E-state index contributed by atoms with van der Waals surface area (Å²) in [4.78, 5) is 0. The van der Waals surface area contributed by atoms with Gasteiger partial charge in [0.05, 0.1) is 15.6 Å². The molecule has 30 heavy (non-hydrogen) atoms. The summed E-state index contributed by atoms with van der Waals surface area (Å²) in [5.41, 5.74) is 0. The van der Waals surface area contributed by atoms with Crippen molar-refractivity contribution in [2.75, 3.05) is 0 Å². The van der Waals surface area contributed by atoms with Crippen LogP contribution in [0.2, 0.25) is 27.3 Å². The molecule has 0 aliphatic carbocycles. The minimum Gasteiger partial charge on any atom is -0.405 e. The largest absolute Gasteiger partial charge is 0.573 e. The molecule has 1 aromatic rings. The molecule has 0 radical (unpaired) electrons. The van der Waals surface area contributed by atoms with Gasteiger partial charge in [0, 0.05) is 26.1 Å². The van der Waals surface area contributed by atoms with E-state index in [1.54, 1.807) is 0 Å². The number of rotatable bonds is 3. The van der Waals surface area contributed by atoms with Gasteiger partial charge in [-0.2, -0.15) is 27.3 Å². The molecule has 1 aromatic carbocycles. The first-order chi connectivity index (χ1) is 12.9. The smallest absolute Gasteiger partial charge is 0.405 e. The second-order valence-electron chi connectivity index (χ2n) is 11.1. The second-order valence-corrected chi connectivity index (χ2v) is 15.5. The van der Waals surface area contributed by atoms with Gasteiger partial charge in [0.25, 0.3) is 0 Å². The summed E-state index contributed by atoms with van der Waals surface area (Å²) < 4.78 is 82.9. The van der Waals surface area contributed by atoms with Crippen molar-refractivity contribution in [3.05, 3.63) is 18.2 Å². The molecule has 0 unspecified atom stereocenters. The van der Waals surface area contributed by atoms with E-state index < -0.39 is 32.1 Å². The van der Waals surface area contributed by atoms with Crippen LogP contribution in [0.1, 0.15) is 41.5 Å². The molecule has 0 fully saturated rings. The van der Waals surface area contributed by atoms with Crippen molar-refractivity contribution in [2.45, 2.75) is 91.9 Å². The van der Waals surface area contributed by atoms with Crippen LogP contribution in [0.4, 0.5) is 26.3 Å². The molecule has 0 atom stereocenters. The van der Waals surface area contributed by atoms with Crippen molar-refractivity contribution in [1.29, 1.82) is 0 Å². The average Bonchev–Trinajstić information content (AvgIpc) is 2.26. The lowest BCUT2D eigenvalue weighted by atomic mass is 9.32. The predicted molar refractivity (Wildman–Crippen MR) is 116 cm³/mol. The summed E-state index contributed by atoms with van der Waals surface area (Å²) in [6, 6.07) is 2.90. The van der Waals surface area contributed by atoms with Gasteiger partial charge in [-0.25, -0.2) is 0 Å². The summed E-state index contributed by atoms with van der Waals surface area (Å²) in [5.74, 6) is -1.44. The van der Waals surface area contributed by atoms with Crippen LogP contribution < -0.4 is 14.8 Å². The number of alkyl halides is 6. The zero-order valence-corrected chi connectivity index (χ0v) is 20.4. The monoisotopic (exact) mass is 462 g/mol. The standard InChI is InChI=1S/C16H21F6O2P.C4H12B/c1-13(2,3)25(14(4,5)6)12-8-10(23-15(17,18)19)7-11(9-12)24-16(20,21)22;1-5(2,3)4/h7-9H,1-6H3;1-4H3/q;-1/p+1. The molecular formula is C20H34BF6O2P. The van der Waals surface area contributed by atoms with Gasteiger partial charge in [-0.15, -0.1) is 26.3 Å². The highest BCUT2D eigenvalue weighted by Crippen LogP contribution is 2.58. The van der Waals surface area contributed by atoms with E-state index in [4.69, 9.17) is 0 Å². The average molecular weight is 462 g/mol. The first-order valence-electron chi connectivity index (χ1n) is 9.74. The third-order valence-electron chi connectivity index (χ3n) is 3.14. The van der Waals surface area contributed by atoms with E-state index in [-0.39, 0.29) is 16.5 Å². The number of hydrogen-bond acceptors (Lipinski definition) is 2. The Labute approximate surface area is 177 Å². The Morgan fingerprint density at radius 1 is 0.633 bits per heavy atom. The van der Waals surface area contributed by atoms with E-state index in [0.717, 1.165) is 12.1 Å². The summed E-state index contributed by atoms with van der Waals surface area (Å²) in [6.45, 7) is 20.5. The van der Waals surface area contributed by atoms with Crippen LogP contribution in [0.3, 0.4) is 0 Å². The Balaban J connectivity index is 0.00000150. The highest BCUT2D eigenvalue weighted by Gasteiger charge is 2.45. The Morgan fingerprint density at radius 3 is 1.10 bits per heavy atom. The molecular weight excluding hydrogens is 428 g/mol. The summed E-state index contributed by atoms with van der Waals surface area (Å²) >= 11 is 0. The van der Waals surface area contributed by atoms with Crippen molar-refractivity contribution in [3.8, 4) is 11.5 Å². The van der Waals surface area contributed by atoms with Gasteiger partial charge >= 0.3 is 12.7 Å². The van der Waals surface area contributed by atoms with Crippen LogP contribution in [0.15, 0.2) is 18.2 Å². The molecule has 0 saturated carbocycles. The lowest BCUT2D eigenvalue weighted by molar-refractivity contribution is -0.276. The quantitative estimate of drug-likeness (QED) is 0.259. The van der Waals surface area contributed by atoms with Crippen molar-refractivity contribution in [2.24, 2.45) is 0 Å².